The van der Waals surface area contributed by atoms with Crippen LogP contribution in [0, 0.1) is 0 Å². The minimum Gasteiger partial charge on any atom is -0.365 e. The summed E-state index contributed by atoms with van der Waals surface area (Å²) >= 11 is 0. The Balaban J connectivity index is 1.79. The first-order chi connectivity index (χ1) is 11.3. The SMILES string of the molecule is O=C(COCC(F)(F)C(F)F)N1CCN(c2ncc[nH]c2=O)CC1. The molecule has 1 fully saturated rings. The number of ether oxygens (including phenoxy) is 1. The molecule has 1 N–H and O–H groups in total. The summed E-state index contributed by atoms with van der Waals surface area (Å²) in [5.41, 5.74) is -0.352. The maximum absolute atomic E-state index is 12.7. The van der Waals surface area contributed by atoms with Gasteiger partial charge in [-0.05, 0) is 0 Å². The smallest absolute Gasteiger partial charge is 0.330 e. The third-order valence-corrected chi connectivity index (χ3v) is 3.46. The van der Waals surface area contributed by atoms with Gasteiger partial charge in [0.2, 0.25) is 5.91 Å². The quantitative estimate of drug-likeness (QED) is 0.747. The van der Waals surface area contributed by atoms with E-state index in [9.17, 15) is 27.2 Å². The molecule has 1 amide bonds. The summed E-state index contributed by atoms with van der Waals surface area (Å²) in [5.74, 6) is -4.62. The molecule has 1 aromatic heterocycles. The van der Waals surface area contributed by atoms with Crippen molar-refractivity contribution in [2.75, 3.05) is 44.3 Å². The Bertz CT molecular complexity index is 617. The van der Waals surface area contributed by atoms with Crippen LogP contribution in [0.4, 0.5) is 23.4 Å². The van der Waals surface area contributed by atoms with Crippen LogP contribution in [-0.2, 0) is 9.53 Å². The number of rotatable bonds is 6. The van der Waals surface area contributed by atoms with Gasteiger partial charge in [0.15, 0.2) is 5.82 Å². The number of hydrogen-bond acceptors (Lipinski definition) is 5. The van der Waals surface area contributed by atoms with Crippen molar-refractivity contribution in [3.05, 3.63) is 22.7 Å². The van der Waals surface area contributed by atoms with Gasteiger partial charge in [0.1, 0.15) is 13.2 Å². The van der Waals surface area contributed by atoms with Gasteiger partial charge in [-0.3, -0.25) is 9.59 Å². The number of aromatic amines is 1. The van der Waals surface area contributed by atoms with E-state index in [4.69, 9.17) is 0 Å². The third kappa shape index (κ3) is 4.43. The van der Waals surface area contributed by atoms with Gasteiger partial charge in [-0.1, -0.05) is 0 Å². The van der Waals surface area contributed by atoms with Gasteiger partial charge < -0.3 is 19.5 Å². The van der Waals surface area contributed by atoms with E-state index >= 15 is 0 Å². The average Bonchev–Trinajstić information content (AvgIpc) is 2.55. The van der Waals surface area contributed by atoms with E-state index in [0.717, 1.165) is 0 Å². The van der Waals surface area contributed by atoms with E-state index in [1.165, 1.54) is 17.3 Å². The average molecular weight is 352 g/mol. The first-order valence-corrected chi connectivity index (χ1v) is 7.11. The Morgan fingerprint density at radius 1 is 1.33 bits per heavy atom. The molecule has 1 saturated heterocycles. The zero-order valence-corrected chi connectivity index (χ0v) is 12.6. The first kappa shape index (κ1) is 18.2. The fraction of sp³-hybridized carbons (Fsp3) is 0.615. The fourth-order valence-corrected chi connectivity index (χ4v) is 2.17. The van der Waals surface area contributed by atoms with Crippen LogP contribution < -0.4 is 10.5 Å². The zero-order valence-electron chi connectivity index (χ0n) is 12.6. The zero-order chi connectivity index (χ0) is 17.7. The summed E-state index contributed by atoms with van der Waals surface area (Å²) in [6.45, 7) is -1.07. The Hall–Kier alpha value is -2.17. The lowest BCUT2D eigenvalue weighted by molar-refractivity contribution is -0.171. The molecule has 134 valence electrons. The summed E-state index contributed by atoms with van der Waals surface area (Å²) < 4.78 is 53.7. The highest BCUT2D eigenvalue weighted by molar-refractivity contribution is 5.77. The second kappa shape index (κ2) is 7.60. The normalized spacial score (nSPS) is 15.9. The molecule has 2 rings (SSSR count). The predicted molar refractivity (Wildman–Crippen MR) is 75.4 cm³/mol. The van der Waals surface area contributed by atoms with Crippen molar-refractivity contribution in [1.82, 2.24) is 14.9 Å². The van der Waals surface area contributed by atoms with Crippen LogP contribution in [0.15, 0.2) is 17.2 Å². The summed E-state index contributed by atoms with van der Waals surface area (Å²) in [5, 5.41) is 0. The van der Waals surface area contributed by atoms with Crippen LogP contribution in [0.3, 0.4) is 0 Å². The van der Waals surface area contributed by atoms with E-state index in [1.807, 2.05) is 0 Å². The highest BCUT2D eigenvalue weighted by Crippen LogP contribution is 2.22. The van der Waals surface area contributed by atoms with Crippen LogP contribution in [0.5, 0.6) is 0 Å². The number of H-pyrrole nitrogens is 1. The van der Waals surface area contributed by atoms with Crippen molar-refractivity contribution in [3.8, 4) is 0 Å². The van der Waals surface area contributed by atoms with Gasteiger partial charge in [0, 0.05) is 38.6 Å². The molecule has 0 aliphatic carbocycles. The standard InChI is InChI=1S/C13H16F4N4O3/c14-12(15)13(16,17)8-24-7-9(22)20-3-5-21(6-4-20)10-11(23)19-2-1-18-10/h1-2,12H,3-8H2,(H,19,23). The lowest BCUT2D eigenvalue weighted by Gasteiger charge is -2.34. The molecular weight excluding hydrogens is 336 g/mol. The minimum absolute atomic E-state index is 0.234. The van der Waals surface area contributed by atoms with E-state index in [1.54, 1.807) is 4.90 Å². The molecule has 1 aliphatic rings. The number of piperazine rings is 1. The van der Waals surface area contributed by atoms with E-state index in [0.29, 0.717) is 13.1 Å². The molecule has 11 heteroatoms. The van der Waals surface area contributed by atoms with Crippen LogP contribution in [0.2, 0.25) is 0 Å². The molecule has 2 heterocycles. The summed E-state index contributed by atoms with van der Waals surface area (Å²) in [6.07, 6.45) is -1.00. The molecule has 0 spiro atoms. The van der Waals surface area contributed by atoms with Crippen molar-refractivity contribution in [1.29, 1.82) is 0 Å². The summed E-state index contributed by atoms with van der Waals surface area (Å²) in [7, 11) is 0. The summed E-state index contributed by atoms with van der Waals surface area (Å²) in [4.78, 5) is 33.0. The number of hydrogen-bond donors (Lipinski definition) is 1. The molecule has 0 saturated carbocycles. The van der Waals surface area contributed by atoms with Crippen LogP contribution in [0.1, 0.15) is 0 Å². The Kier molecular flexibility index (Phi) is 5.75. The lowest BCUT2D eigenvalue weighted by Crippen LogP contribution is -2.51. The number of aromatic nitrogens is 2. The van der Waals surface area contributed by atoms with E-state index < -0.39 is 31.5 Å². The first-order valence-electron chi connectivity index (χ1n) is 7.11. The largest absolute Gasteiger partial charge is 0.365 e. The minimum atomic E-state index is -4.28. The van der Waals surface area contributed by atoms with Crippen molar-refractivity contribution in [3.63, 3.8) is 0 Å². The predicted octanol–water partition coefficient (Wildman–Crippen LogP) is 0.336. The van der Waals surface area contributed by atoms with Crippen molar-refractivity contribution >= 4 is 11.7 Å². The van der Waals surface area contributed by atoms with Gasteiger partial charge in [-0.25, -0.2) is 13.8 Å². The van der Waals surface area contributed by atoms with Gasteiger partial charge in [-0.2, -0.15) is 8.78 Å². The highest BCUT2D eigenvalue weighted by Gasteiger charge is 2.41. The molecular formula is C13H16F4N4O3. The van der Waals surface area contributed by atoms with Crippen molar-refractivity contribution in [2.45, 2.75) is 12.3 Å². The number of anilines is 1. The van der Waals surface area contributed by atoms with Crippen molar-refractivity contribution < 1.29 is 27.1 Å². The summed E-state index contributed by atoms with van der Waals surface area (Å²) in [6, 6.07) is 0. The number of carbonyl (C=O) groups excluding carboxylic acids is 1. The maximum Gasteiger partial charge on any atom is 0.330 e. The Labute approximate surface area is 134 Å². The van der Waals surface area contributed by atoms with Gasteiger partial charge in [0.25, 0.3) is 5.56 Å². The maximum atomic E-state index is 12.7. The second-order valence-electron chi connectivity index (χ2n) is 5.16. The second-order valence-corrected chi connectivity index (χ2v) is 5.16. The molecule has 0 unspecified atom stereocenters. The van der Waals surface area contributed by atoms with Gasteiger partial charge in [0.05, 0.1) is 0 Å². The van der Waals surface area contributed by atoms with Gasteiger partial charge in [-0.15, -0.1) is 0 Å². The topological polar surface area (TPSA) is 78.5 Å². The molecule has 24 heavy (non-hydrogen) atoms. The lowest BCUT2D eigenvalue weighted by atomic mass is 10.3. The number of amides is 1. The van der Waals surface area contributed by atoms with Crippen LogP contribution in [-0.4, -0.2) is 72.5 Å². The number of nitrogens with one attached hydrogen (secondary N) is 1. The van der Waals surface area contributed by atoms with Crippen LogP contribution >= 0.6 is 0 Å². The number of alkyl halides is 4. The molecule has 7 nitrogen and oxygen atoms in total. The molecule has 1 aromatic rings. The monoisotopic (exact) mass is 352 g/mol. The number of nitrogens with zero attached hydrogens (tertiary/aromatic N) is 3. The number of carbonyl (C=O) groups is 1. The molecule has 0 bridgehead atoms. The fourth-order valence-electron chi connectivity index (χ4n) is 2.17. The molecule has 0 aromatic carbocycles. The molecule has 1 aliphatic heterocycles. The molecule has 0 atom stereocenters. The third-order valence-electron chi connectivity index (χ3n) is 3.46. The van der Waals surface area contributed by atoms with Crippen LogP contribution in [0.25, 0.3) is 0 Å². The number of halogens is 4. The van der Waals surface area contributed by atoms with E-state index in [2.05, 4.69) is 14.7 Å². The van der Waals surface area contributed by atoms with Gasteiger partial charge >= 0.3 is 12.3 Å². The van der Waals surface area contributed by atoms with E-state index in [-0.39, 0.29) is 24.5 Å². The molecule has 0 radical (unpaired) electrons. The Morgan fingerprint density at radius 3 is 2.58 bits per heavy atom. The Morgan fingerprint density at radius 2 is 2.00 bits per heavy atom. The highest BCUT2D eigenvalue weighted by atomic mass is 19.3. The van der Waals surface area contributed by atoms with Crippen molar-refractivity contribution in [2.24, 2.45) is 0 Å².